The molecule has 0 spiro atoms. The summed E-state index contributed by atoms with van der Waals surface area (Å²) in [7, 11) is 4.13. The summed E-state index contributed by atoms with van der Waals surface area (Å²) in [5.41, 5.74) is -4.09. The third-order valence-electron chi connectivity index (χ3n) is 6.36. The van der Waals surface area contributed by atoms with Gasteiger partial charge in [0.1, 0.15) is 17.2 Å². The fourth-order valence-electron chi connectivity index (χ4n) is 4.17. The Morgan fingerprint density at radius 1 is 0.886 bits per heavy atom. The van der Waals surface area contributed by atoms with Gasteiger partial charge in [0.15, 0.2) is 0 Å². The van der Waals surface area contributed by atoms with E-state index in [-0.39, 0.29) is 36.1 Å². The van der Waals surface area contributed by atoms with E-state index in [9.17, 15) is 44.6 Å². The lowest BCUT2D eigenvalue weighted by Gasteiger charge is -2.23. The number of halogens is 9. The minimum Gasteiger partial charge on any atom is -0.506 e. The van der Waals surface area contributed by atoms with Gasteiger partial charge in [-0.15, -0.1) is 5.73 Å². The zero-order chi connectivity index (χ0) is 33.0. The van der Waals surface area contributed by atoms with E-state index in [1.807, 2.05) is 0 Å². The summed E-state index contributed by atoms with van der Waals surface area (Å²) in [6, 6.07) is 9.77. The second-order valence-electron chi connectivity index (χ2n) is 9.59. The van der Waals surface area contributed by atoms with E-state index in [4.69, 9.17) is 9.47 Å². The molecule has 0 unspecified atom stereocenters. The highest BCUT2D eigenvalue weighted by Crippen LogP contribution is 2.47. The van der Waals surface area contributed by atoms with Crippen LogP contribution in [0.4, 0.5) is 39.5 Å². The molecule has 236 valence electrons. The molecule has 0 saturated heterocycles. The van der Waals surface area contributed by atoms with Crippen LogP contribution in [0.5, 0.6) is 17.2 Å². The summed E-state index contributed by atoms with van der Waals surface area (Å²) >= 11 is 0. The van der Waals surface area contributed by atoms with E-state index in [1.165, 1.54) is 26.1 Å². The molecule has 0 radical (unpaired) electrons. The van der Waals surface area contributed by atoms with Crippen molar-refractivity contribution in [2.24, 2.45) is 0 Å². The highest BCUT2D eigenvalue weighted by molar-refractivity contribution is 5.85. The highest BCUT2D eigenvalue weighted by Gasteiger charge is 2.38. The first kappa shape index (κ1) is 34.0. The average molecular weight is 632 g/mol. The first-order valence-corrected chi connectivity index (χ1v) is 12.6. The van der Waals surface area contributed by atoms with Crippen molar-refractivity contribution in [2.75, 3.05) is 27.8 Å². The van der Waals surface area contributed by atoms with E-state index in [1.54, 1.807) is 30.0 Å². The number of hydrogen-bond donors (Lipinski definition) is 1. The number of hydrogen-bond acceptors (Lipinski definition) is 4. The van der Waals surface area contributed by atoms with Crippen molar-refractivity contribution in [1.29, 1.82) is 0 Å². The van der Waals surface area contributed by atoms with E-state index in [0.717, 1.165) is 17.7 Å². The molecule has 3 aromatic rings. The Morgan fingerprint density at radius 2 is 1.45 bits per heavy atom. The van der Waals surface area contributed by atoms with Gasteiger partial charge >= 0.3 is 18.5 Å². The number of phenolic OH excluding ortho intramolecular Hbond substituents is 1. The maximum absolute atomic E-state index is 13.7. The summed E-state index contributed by atoms with van der Waals surface area (Å²) in [6.07, 6.45) is -14.5. The normalized spacial score (nSPS) is 12.5. The van der Waals surface area contributed by atoms with Crippen LogP contribution in [0.3, 0.4) is 0 Å². The Bertz CT molecular complexity index is 1530. The van der Waals surface area contributed by atoms with Gasteiger partial charge < -0.3 is 19.5 Å². The standard InChI is InChI=1S/C31H26F9NO3/c1-5-20(29(32,33)34)17-25(41(2)3)24-10-11-26(44-13-12-18-6-8-23(43-4)9-7-18)27(28(24)42)19-14-21(30(35,36)37)16-22(15-19)31(38,39)40/h6-11,14-17,42H,1,12-13H2,2-4H3/b25-17-. The SMILES string of the molecule is C=C=C(/C=C(/c1ccc(OCCc2ccc(OC)cc2)c(-c2cc(C(F)(F)F)cc(C(F)(F)F)c2)c1O)N(C)C)C(F)(F)F. The number of methoxy groups -OCH3 is 1. The number of rotatable bonds is 9. The number of phenols is 1. The Morgan fingerprint density at radius 3 is 1.91 bits per heavy atom. The first-order valence-electron chi connectivity index (χ1n) is 12.6. The van der Waals surface area contributed by atoms with Crippen molar-refractivity contribution < 1.29 is 54.1 Å². The molecule has 0 aliphatic carbocycles. The molecule has 0 amide bonds. The molecule has 3 aromatic carbocycles. The van der Waals surface area contributed by atoms with Crippen molar-refractivity contribution in [3.8, 4) is 28.4 Å². The molecule has 13 heteroatoms. The number of alkyl halides is 9. The molecule has 3 rings (SSSR count). The molecular formula is C31H26F9NO3. The van der Waals surface area contributed by atoms with Crippen molar-refractivity contribution in [3.05, 3.63) is 101 Å². The van der Waals surface area contributed by atoms with E-state index in [2.05, 4.69) is 6.58 Å². The topological polar surface area (TPSA) is 41.9 Å². The molecule has 0 bridgehead atoms. The van der Waals surface area contributed by atoms with Gasteiger partial charge in [0.2, 0.25) is 0 Å². The molecule has 44 heavy (non-hydrogen) atoms. The maximum Gasteiger partial charge on any atom is 0.423 e. The van der Waals surface area contributed by atoms with Gasteiger partial charge in [-0.3, -0.25) is 0 Å². The van der Waals surface area contributed by atoms with Crippen LogP contribution < -0.4 is 9.47 Å². The second kappa shape index (κ2) is 13.0. The van der Waals surface area contributed by atoms with E-state index in [0.29, 0.717) is 24.0 Å². The fourth-order valence-corrected chi connectivity index (χ4v) is 4.17. The monoisotopic (exact) mass is 631 g/mol. The van der Waals surface area contributed by atoms with Gasteiger partial charge in [-0.05, 0) is 59.7 Å². The summed E-state index contributed by atoms with van der Waals surface area (Å²) < 4.78 is 134. The molecule has 0 heterocycles. The molecule has 0 aromatic heterocycles. The van der Waals surface area contributed by atoms with Crippen LogP contribution in [-0.4, -0.2) is 44.0 Å². The Kier molecular flexibility index (Phi) is 10.0. The van der Waals surface area contributed by atoms with E-state index < -0.39 is 52.1 Å². The lowest BCUT2D eigenvalue weighted by atomic mass is 9.94. The predicted octanol–water partition coefficient (Wildman–Crippen LogP) is 8.90. The molecule has 0 aliphatic rings. The average Bonchev–Trinajstić information content (AvgIpc) is 2.92. The number of allylic oxidation sites excluding steroid dienone is 2. The number of aromatic hydroxyl groups is 1. The van der Waals surface area contributed by atoms with Crippen LogP contribution in [0.15, 0.2) is 78.6 Å². The second-order valence-corrected chi connectivity index (χ2v) is 9.59. The summed E-state index contributed by atoms with van der Waals surface area (Å²) in [5, 5.41) is 11.3. The minimum absolute atomic E-state index is 0.0791. The van der Waals surface area contributed by atoms with Crippen LogP contribution in [-0.2, 0) is 18.8 Å². The third kappa shape index (κ3) is 8.10. The predicted molar refractivity (Wildman–Crippen MR) is 146 cm³/mol. The van der Waals surface area contributed by atoms with Crippen LogP contribution >= 0.6 is 0 Å². The lowest BCUT2D eigenvalue weighted by Crippen LogP contribution is -2.15. The number of nitrogens with zero attached hydrogens (tertiary/aromatic N) is 1. The van der Waals surface area contributed by atoms with Crippen molar-refractivity contribution in [3.63, 3.8) is 0 Å². The molecule has 4 nitrogen and oxygen atoms in total. The van der Waals surface area contributed by atoms with Crippen LogP contribution in [0.25, 0.3) is 16.8 Å². The van der Waals surface area contributed by atoms with Gasteiger partial charge in [0, 0.05) is 31.8 Å². The highest BCUT2D eigenvalue weighted by atomic mass is 19.4. The third-order valence-corrected chi connectivity index (χ3v) is 6.36. The zero-order valence-corrected chi connectivity index (χ0v) is 23.5. The van der Waals surface area contributed by atoms with Gasteiger partial charge in [-0.25, -0.2) is 0 Å². The molecule has 1 N–H and O–H groups in total. The van der Waals surface area contributed by atoms with Gasteiger partial charge in [0.05, 0.1) is 36.0 Å². The first-order chi connectivity index (χ1) is 20.4. The summed E-state index contributed by atoms with van der Waals surface area (Å²) in [5.74, 6) is -0.641. The number of benzene rings is 3. The van der Waals surface area contributed by atoms with Gasteiger partial charge in [0.25, 0.3) is 0 Å². The van der Waals surface area contributed by atoms with Gasteiger partial charge in [-0.1, -0.05) is 18.7 Å². The largest absolute Gasteiger partial charge is 0.506 e. The van der Waals surface area contributed by atoms with Crippen molar-refractivity contribution in [1.82, 2.24) is 4.90 Å². The number of ether oxygens (including phenoxy) is 2. The maximum atomic E-state index is 13.7. The van der Waals surface area contributed by atoms with Crippen LogP contribution in [0, 0.1) is 0 Å². The quantitative estimate of drug-likeness (QED) is 0.146. The Balaban J connectivity index is 2.26. The van der Waals surface area contributed by atoms with E-state index >= 15 is 0 Å². The van der Waals surface area contributed by atoms with Crippen LogP contribution in [0.1, 0.15) is 22.3 Å². The summed E-state index contributed by atoms with van der Waals surface area (Å²) in [4.78, 5) is 1.17. The molecule has 0 fully saturated rings. The lowest BCUT2D eigenvalue weighted by molar-refractivity contribution is -0.143. The smallest absolute Gasteiger partial charge is 0.423 e. The molecule has 0 aliphatic heterocycles. The van der Waals surface area contributed by atoms with Crippen molar-refractivity contribution in [2.45, 2.75) is 24.9 Å². The van der Waals surface area contributed by atoms with Gasteiger partial charge in [-0.2, -0.15) is 39.5 Å². The summed E-state index contributed by atoms with van der Waals surface area (Å²) in [6.45, 7) is 2.89. The molecular weight excluding hydrogens is 605 g/mol. The van der Waals surface area contributed by atoms with Crippen LogP contribution in [0.2, 0.25) is 0 Å². The Labute approximate surface area is 246 Å². The fraction of sp³-hybridized carbons (Fsp3) is 0.258. The van der Waals surface area contributed by atoms with Crippen molar-refractivity contribution >= 4 is 5.70 Å². The Hall–Kier alpha value is -4.51. The zero-order valence-electron chi connectivity index (χ0n) is 23.5. The molecule has 0 atom stereocenters. The minimum atomic E-state index is -5.20. The molecule has 0 saturated carbocycles.